The maximum atomic E-state index is 11.8. The van der Waals surface area contributed by atoms with E-state index in [-0.39, 0.29) is 5.43 Å². The molecule has 0 saturated heterocycles. The number of hydrogen-bond donors (Lipinski definition) is 1. The molecule has 3 aromatic heterocycles. The van der Waals surface area contributed by atoms with E-state index in [1.54, 1.807) is 6.07 Å². The average Bonchev–Trinajstić information content (AvgIpc) is 2.58. The second-order valence-electron chi connectivity index (χ2n) is 3.99. The van der Waals surface area contributed by atoms with Gasteiger partial charge in [0.05, 0.1) is 0 Å². The van der Waals surface area contributed by atoms with E-state index in [1.807, 2.05) is 36.4 Å². The van der Waals surface area contributed by atoms with Crippen molar-refractivity contribution in [2.75, 3.05) is 0 Å². The van der Waals surface area contributed by atoms with Gasteiger partial charge in [0.25, 0.3) is 0 Å². The zero-order valence-corrected chi connectivity index (χ0v) is 9.11. The van der Waals surface area contributed by atoms with Crippen molar-refractivity contribution in [3.63, 3.8) is 0 Å². The fraction of sp³-hybridized carbons (Fsp3) is 0.167. The summed E-state index contributed by atoms with van der Waals surface area (Å²) in [6.45, 7) is 3.87. The van der Waals surface area contributed by atoms with Crippen LogP contribution in [0.25, 0.3) is 16.8 Å². The van der Waals surface area contributed by atoms with Gasteiger partial charge in [0.15, 0.2) is 5.52 Å². The molecule has 0 bridgehead atoms. The van der Waals surface area contributed by atoms with E-state index >= 15 is 0 Å². The number of hydrogen-bond acceptors (Lipinski definition) is 2. The second kappa shape index (κ2) is 2.95. The molecule has 1 N–H and O–H groups in total. The van der Waals surface area contributed by atoms with E-state index in [0.29, 0.717) is 5.52 Å². The number of aromatic amines is 1. The molecule has 80 valence electrons. The van der Waals surface area contributed by atoms with Crippen molar-refractivity contribution >= 4 is 16.8 Å². The Morgan fingerprint density at radius 2 is 2.12 bits per heavy atom. The molecule has 0 aliphatic rings. The van der Waals surface area contributed by atoms with Gasteiger partial charge in [-0.1, -0.05) is 6.07 Å². The summed E-state index contributed by atoms with van der Waals surface area (Å²) < 4.78 is 1.96. The molecule has 0 atom stereocenters. The summed E-state index contributed by atoms with van der Waals surface area (Å²) in [6.07, 6.45) is 0. The average molecular weight is 213 g/mol. The molecular weight excluding hydrogens is 202 g/mol. The quantitative estimate of drug-likeness (QED) is 0.619. The third-order valence-corrected chi connectivity index (χ3v) is 2.74. The van der Waals surface area contributed by atoms with Crippen LogP contribution in [0, 0.1) is 13.8 Å². The van der Waals surface area contributed by atoms with E-state index in [1.165, 1.54) is 0 Å². The number of pyridine rings is 2. The number of fused-ring (bicyclic) bond motifs is 3. The van der Waals surface area contributed by atoms with Gasteiger partial charge in [-0.2, -0.15) is 0 Å². The summed E-state index contributed by atoms with van der Waals surface area (Å²) in [5.41, 5.74) is 3.95. The molecule has 0 fully saturated rings. The Bertz CT molecular complexity index is 752. The minimum atomic E-state index is -0.0330. The molecule has 0 radical (unpaired) electrons. The molecule has 16 heavy (non-hydrogen) atoms. The molecule has 0 aromatic carbocycles. The zero-order chi connectivity index (χ0) is 11.3. The number of nitrogens with zero attached hydrogens (tertiary/aromatic N) is 2. The molecule has 0 spiro atoms. The Kier molecular flexibility index (Phi) is 1.68. The zero-order valence-electron chi connectivity index (χ0n) is 9.11. The summed E-state index contributed by atoms with van der Waals surface area (Å²) in [7, 11) is 0. The van der Waals surface area contributed by atoms with Crippen LogP contribution in [-0.4, -0.2) is 14.4 Å². The highest BCUT2D eigenvalue weighted by atomic mass is 16.1. The lowest BCUT2D eigenvalue weighted by Gasteiger charge is -2.00. The van der Waals surface area contributed by atoms with Gasteiger partial charge in [0, 0.05) is 17.5 Å². The normalized spacial score (nSPS) is 11.4. The van der Waals surface area contributed by atoms with Crippen molar-refractivity contribution < 1.29 is 0 Å². The van der Waals surface area contributed by atoms with Crippen LogP contribution in [0.5, 0.6) is 0 Å². The van der Waals surface area contributed by atoms with Gasteiger partial charge in [-0.15, -0.1) is 0 Å². The van der Waals surface area contributed by atoms with Crippen molar-refractivity contribution in [2.45, 2.75) is 13.8 Å². The van der Waals surface area contributed by atoms with Gasteiger partial charge in [-0.25, -0.2) is 4.98 Å². The van der Waals surface area contributed by atoms with Gasteiger partial charge in [-0.05, 0) is 26.0 Å². The minimum absolute atomic E-state index is 0.0330. The third-order valence-electron chi connectivity index (χ3n) is 2.74. The van der Waals surface area contributed by atoms with Crippen LogP contribution in [0.1, 0.15) is 11.4 Å². The van der Waals surface area contributed by atoms with Gasteiger partial charge < -0.3 is 4.98 Å². The Morgan fingerprint density at radius 1 is 1.31 bits per heavy atom. The Hall–Kier alpha value is -2.10. The first-order valence-corrected chi connectivity index (χ1v) is 5.14. The summed E-state index contributed by atoms with van der Waals surface area (Å²) in [5.74, 6) is 0. The fourth-order valence-corrected chi connectivity index (χ4v) is 2.03. The van der Waals surface area contributed by atoms with E-state index in [2.05, 4.69) is 9.97 Å². The molecule has 3 heterocycles. The predicted octanol–water partition coefficient (Wildman–Crippen LogP) is 1.79. The lowest BCUT2D eigenvalue weighted by atomic mass is 10.3. The van der Waals surface area contributed by atoms with Gasteiger partial charge in [0.1, 0.15) is 11.3 Å². The minimum Gasteiger partial charge on any atom is -0.343 e. The number of imidazole rings is 1. The Labute approximate surface area is 91.6 Å². The predicted molar refractivity (Wildman–Crippen MR) is 62.8 cm³/mol. The van der Waals surface area contributed by atoms with Crippen LogP contribution in [0.4, 0.5) is 0 Å². The van der Waals surface area contributed by atoms with Crippen molar-refractivity contribution in [2.24, 2.45) is 0 Å². The summed E-state index contributed by atoms with van der Waals surface area (Å²) in [4.78, 5) is 19.3. The number of aromatic nitrogens is 3. The van der Waals surface area contributed by atoms with Crippen molar-refractivity contribution in [1.82, 2.24) is 14.4 Å². The molecular formula is C12H11N3O. The van der Waals surface area contributed by atoms with Crippen LogP contribution in [0.15, 0.2) is 29.1 Å². The van der Waals surface area contributed by atoms with Gasteiger partial charge >= 0.3 is 0 Å². The molecule has 4 heteroatoms. The topological polar surface area (TPSA) is 50.2 Å². The number of aryl methyl sites for hydroxylation is 2. The molecule has 0 amide bonds. The molecule has 0 aliphatic heterocycles. The van der Waals surface area contributed by atoms with E-state index < -0.39 is 0 Å². The Morgan fingerprint density at radius 3 is 2.94 bits per heavy atom. The summed E-state index contributed by atoms with van der Waals surface area (Å²) in [5, 5.41) is 0. The first-order chi connectivity index (χ1) is 7.66. The SMILES string of the molecule is Cc1cc(=O)c2nc3cccc(C)n3c2[nH]1. The summed E-state index contributed by atoms with van der Waals surface area (Å²) in [6, 6.07) is 7.41. The molecule has 3 rings (SSSR count). The maximum absolute atomic E-state index is 11.8. The van der Waals surface area contributed by atoms with Crippen molar-refractivity contribution in [3.05, 3.63) is 45.9 Å². The maximum Gasteiger partial charge on any atom is 0.209 e. The van der Waals surface area contributed by atoms with Crippen LogP contribution in [-0.2, 0) is 0 Å². The van der Waals surface area contributed by atoms with Crippen LogP contribution < -0.4 is 5.43 Å². The summed E-state index contributed by atoms with van der Waals surface area (Å²) >= 11 is 0. The van der Waals surface area contributed by atoms with E-state index in [0.717, 1.165) is 22.7 Å². The number of H-pyrrole nitrogens is 1. The highest BCUT2D eigenvalue weighted by Crippen LogP contribution is 2.14. The van der Waals surface area contributed by atoms with E-state index in [4.69, 9.17) is 0 Å². The second-order valence-corrected chi connectivity index (χ2v) is 3.99. The van der Waals surface area contributed by atoms with E-state index in [9.17, 15) is 4.79 Å². The standard InChI is InChI=1S/C12H11N3O/c1-7-6-9(16)11-12(13-7)15-8(2)4-3-5-10(15)14-11/h3-6H,1-2H3,(H,13,16). The largest absolute Gasteiger partial charge is 0.343 e. The Balaban J connectivity index is 2.69. The fourth-order valence-electron chi connectivity index (χ4n) is 2.03. The van der Waals surface area contributed by atoms with Gasteiger partial charge in [0.2, 0.25) is 5.43 Å². The van der Waals surface area contributed by atoms with Crippen LogP contribution >= 0.6 is 0 Å². The van der Waals surface area contributed by atoms with Crippen LogP contribution in [0.2, 0.25) is 0 Å². The van der Waals surface area contributed by atoms with Crippen molar-refractivity contribution in [3.8, 4) is 0 Å². The first-order valence-electron chi connectivity index (χ1n) is 5.14. The lowest BCUT2D eigenvalue weighted by Crippen LogP contribution is -2.03. The first kappa shape index (κ1) is 9.15. The third kappa shape index (κ3) is 1.10. The molecule has 0 unspecified atom stereocenters. The van der Waals surface area contributed by atoms with Crippen LogP contribution in [0.3, 0.4) is 0 Å². The van der Waals surface area contributed by atoms with Gasteiger partial charge in [-0.3, -0.25) is 9.20 Å². The molecule has 0 saturated carbocycles. The monoisotopic (exact) mass is 213 g/mol. The smallest absolute Gasteiger partial charge is 0.209 e. The molecule has 3 aromatic rings. The highest BCUT2D eigenvalue weighted by Gasteiger charge is 2.09. The number of nitrogens with one attached hydrogen (secondary N) is 1. The molecule has 4 nitrogen and oxygen atoms in total. The highest BCUT2D eigenvalue weighted by molar-refractivity contribution is 5.77. The number of rotatable bonds is 0. The van der Waals surface area contributed by atoms with Crippen molar-refractivity contribution in [1.29, 1.82) is 0 Å². The lowest BCUT2D eigenvalue weighted by molar-refractivity contribution is 1.09. The molecule has 0 aliphatic carbocycles.